The largest absolute Gasteiger partial charge is 0.346 e. The van der Waals surface area contributed by atoms with E-state index >= 15 is 0 Å². The second-order valence-corrected chi connectivity index (χ2v) is 9.17. The molecule has 1 aromatic heterocycles. The van der Waals surface area contributed by atoms with Gasteiger partial charge in [-0.05, 0) is 45.8 Å². The van der Waals surface area contributed by atoms with Crippen molar-refractivity contribution in [1.82, 2.24) is 19.6 Å². The van der Waals surface area contributed by atoms with Gasteiger partial charge in [-0.3, -0.25) is 9.58 Å². The first-order valence-electron chi connectivity index (χ1n) is 10.1. The molecule has 1 aliphatic rings. The smallest absolute Gasteiger partial charge is 0.174 e. The second-order valence-electron chi connectivity index (χ2n) is 7.52. The molecule has 0 saturated carbocycles. The number of hydrogen-bond donors (Lipinski definition) is 1. The molecule has 1 aliphatic heterocycles. The molecule has 3 aromatic rings. The van der Waals surface area contributed by atoms with Crippen molar-refractivity contribution in [1.29, 1.82) is 0 Å². The van der Waals surface area contributed by atoms with E-state index in [2.05, 4.69) is 31.2 Å². The SMILES string of the molecule is Fc1cccc(CN2CCN(C(=S)Nc3nn(Cc4ccccc4Cl)cc3Br)CC2)c1F. The van der Waals surface area contributed by atoms with Gasteiger partial charge in [-0.25, -0.2) is 8.78 Å². The minimum atomic E-state index is -0.814. The Morgan fingerprint density at radius 1 is 1.03 bits per heavy atom. The highest BCUT2D eigenvalue weighted by atomic mass is 79.9. The van der Waals surface area contributed by atoms with Crippen LogP contribution in [0.5, 0.6) is 0 Å². The van der Waals surface area contributed by atoms with Crippen LogP contribution in [0.3, 0.4) is 0 Å². The Hall–Kier alpha value is -2.07. The van der Waals surface area contributed by atoms with Gasteiger partial charge in [0.15, 0.2) is 22.6 Å². The van der Waals surface area contributed by atoms with Crippen LogP contribution in [0, 0.1) is 11.6 Å². The van der Waals surface area contributed by atoms with Gasteiger partial charge in [0.1, 0.15) is 0 Å². The number of nitrogens with one attached hydrogen (secondary N) is 1. The van der Waals surface area contributed by atoms with Crippen LogP contribution in [0.2, 0.25) is 5.02 Å². The maximum atomic E-state index is 13.9. The minimum Gasteiger partial charge on any atom is -0.346 e. The van der Waals surface area contributed by atoms with Crippen molar-refractivity contribution in [2.24, 2.45) is 0 Å². The summed E-state index contributed by atoms with van der Waals surface area (Å²) < 4.78 is 30.0. The summed E-state index contributed by atoms with van der Waals surface area (Å²) in [6.07, 6.45) is 1.87. The molecule has 32 heavy (non-hydrogen) atoms. The van der Waals surface area contributed by atoms with Gasteiger partial charge < -0.3 is 10.2 Å². The standard InChI is InChI=1S/C22H21BrClF2N5S/c23-17-14-31(13-15-4-1-2-6-18(15)24)28-21(17)27-22(32)30-10-8-29(9-11-30)12-16-5-3-7-19(25)20(16)26/h1-7,14H,8-13H2,(H,27,28,32). The topological polar surface area (TPSA) is 36.3 Å². The predicted molar refractivity (Wildman–Crippen MR) is 130 cm³/mol. The zero-order valence-corrected chi connectivity index (χ0v) is 20.2. The third-order valence-corrected chi connectivity index (χ3v) is 6.63. The van der Waals surface area contributed by atoms with Gasteiger partial charge in [-0.15, -0.1) is 0 Å². The van der Waals surface area contributed by atoms with E-state index in [1.54, 1.807) is 10.7 Å². The van der Waals surface area contributed by atoms with Crippen molar-refractivity contribution in [3.05, 3.63) is 80.9 Å². The molecule has 168 valence electrons. The Morgan fingerprint density at radius 3 is 2.50 bits per heavy atom. The summed E-state index contributed by atoms with van der Waals surface area (Å²) >= 11 is 15.4. The molecule has 0 bridgehead atoms. The maximum Gasteiger partial charge on any atom is 0.174 e. The highest BCUT2D eigenvalue weighted by molar-refractivity contribution is 9.10. The Bertz CT molecular complexity index is 1120. The fourth-order valence-corrected chi connectivity index (χ4v) is 4.45. The average molecular weight is 541 g/mol. The summed E-state index contributed by atoms with van der Waals surface area (Å²) in [7, 11) is 0. The average Bonchev–Trinajstić information content (AvgIpc) is 3.12. The van der Waals surface area contributed by atoms with Crippen LogP contribution >= 0.6 is 39.7 Å². The number of halogens is 4. The summed E-state index contributed by atoms with van der Waals surface area (Å²) in [5, 5.41) is 9.04. The highest BCUT2D eigenvalue weighted by Crippen LogP contribution is 2.23. The molecule has 1 saturated heterocycles. The third-order valence-electron chi connectivity index (χ3n) is 5.32. The molecule has 2 aromatic carbocycles. The van der Waals surface area contributed by atoms with Gasteiger partial charge >= 0.3 is 0 Å². The lowest BCUT2D eigenvalue weighted by molar-refractivity contribution is 0.175. The Labute approximate surface area is 204 Å². The van der Waals surface area contributed by atoms with Crippen molar-refractivity contribution >= 4 is 50.7 Å². The molecule has 0 unspecified atom stereocenters. The Kier molecular flexibility index (Phi) is 7.40. The van der Waals surface area contributed by atoms with Crippen LogP contribution in [0.4, 0.5) is 14.6 Å². The zero-order chi connectivity index (χ0) is 22.7. The lowest BCUT2D eigenvalue weighted by atomic mass is 10.2. The van der Waals surface area contributed by atoms with E-state index in [-0.39, 0.29) is 0 Å². The zero-order valence-electron chi connectivity index (χ0n) is 17.1. The van der Waals surface area contributed by atoms with Crippen molar-refractivity contribution in [2.75, 3.05) is 31.5 Å². The molecule has 0 aliphatic carbocycles. The van der Waals surface area contributed by atoms with Crippen LogP contribution in [0.15, 0.2) is 53.1 Å². The fourth-order valence-electron chi connectivity index (χ4n) is 3.56. The number of piperazine rings is 1. The lowest BCUT2D eigenvalue weighted by Crippen LogP contribution is -2.49. The Balaban J connectivity index is 1.32. The number of benzene rings is 2. The van der Waals surface area contributed by atoms with Crippen molar-refractivity contribution in [3.63, 3.8) is 0 Å². The maximum absolute atomic E-state index is 13.9. The fraction of sp³-hybridized carbons (Fsp3) is 0.273. The van der Waals surface area contributed by atoms with Crippen LogP contribution < -0.4 is 5.32 Å². The first kappa shape index (κ1) is 23.1. The molecule has 2 heterocycles. The molecule has 1 fully saturated rings. The van der Waals surface area contributed by atoms with Crippen molar-refractivity contribution in [2.45, 2.75) is 13.1 Å². The normalized spacial score (nSPS) is 14.6. The van der Waals surface area contributed by atoms with Crippen LogP contribution in [0.1, 0.15) is 11.1 Å². The van der Waals surface area contributed by atoms with Gasteiger partial charge in [-0.1, -0.05) is 41.9 Å². The second kappa shape index (κ2) is 10.2. The number of nitrogens with zero attached hydrogens (tertiary/aromatic N) is 4. The first-order chi connectivity index (χ1) is 15.4. The van der Waals surface area contributed by atoms with E-state index in [0.717, 1.165) is 16.1 Å². The monoisotopic (exact) mass is 539 g/mol. The third kappa shape index (κ3) is 5.46. The molecule has 0 radical (unpaired) electrons. The quantitative estimate of drug-likeness (QED) is 0.454. The summed E-state index contributed by atoms with van der Waals surface area (Å²) in [5.41, 5.74) is 1.34. The molecule has 1 N–H and O–H groups in total. The van der Waals surface area contributed by atoms with Gasteiger partial charge in [-0.2, -0.15) is 5.10 Å². The van der Waals surface area contributed by atoms with Crippen molar-refractivity contribution < 1.29 is 8.78 Å². The number of rotatable bonds is 5. The van der Waals surface area contributed by atoms with Gasteiger partial charge in [0.25, 0.3) is 0 Å². The molecule has 0 atom stereocenters. The molecule has 10 heteroatoms. The minimum absolute atomic E-state index is 0.368. The van der Waals surface area contributed by atoms with Gasteiger partial charge in [0.2, 0.25) is 0 Å². The van der Waals surface area contributed by atoms with Crippen LogP contribution in [-0.2, 0) is 13.1 Å². The summed E-state index contributed by atoms with van der Waals surface area (Å²) in [5.74, 6) is -0.957. The summed E-state index contributed by atoms with van der Waals surface area (Å²) in [6, 6.07) is 11.9. The molecule has 4 rings (SSSR count). The van der Waals surface area contributed by atoms with Gasteiger partial charge in [0, 0.05) is 49.5 Å². The van der Waals surface area contributed by atoms with Crippen LogP contribution in [-0.4, -0.2) is 50.9 Å². The van der Waals surface area contributed by atoms with E-state index in [1.165, 1.54) is 6.07 Å². The number of hydrogen-bond acceptors (Lipinski definition) is 3. The molecular weight excluding hydrogens is 520 g/mol. The molecule has 0 spiro atoms. The van der Waals surface area contributed by atoms with E-state index in [0.29, 0.717) is 60.8 Å². The predicted octanol–water partition coefficient (Wildman–Crippen LogP) is 5.14. The van der Waals surface area contributed by atoms with E-state index in [1.807, 2.05) is 35.4 Å². The van der Waals surface area contributed by atoms with Crippen LogP contribution in [0.25, 0.3) is 0 Å². The number of anilines is 1. The van der Waals surface area contributed by atoms with Gasteiger partial charge in [0.05, 0.1) is 11.0 Å². The lowest BCUT2D eigenvalue weighted by Gasteiger charge is -2.36. The number of thiocarbonyl (C=S) groups is 1. The molecular formula is C22H21BrClF2N5S. The highest BCUT2D eigenvalue weighted by Gasteiger charge is 2.21. The van der Waals surface area contributed by atoms with Crippen molar-refractivity contribution in [3.8, 4) is 0 Å². The Morgan fingerprint density at radius 2 is 1.75 bits per heavy atom. The first-order valence-corrected chi connectivity index (χ1v) is 11.7. The molecule has 5 nitrogen and oxygen atoms in total. The van der Waals surface area contributed by atoms with E-state index < -0.39 is 11.6 Å². The summed E-state index contributed by atoms with van der Waals surface area (Å²) in [4.78, 5) is 4.14. The molecule has 0 amide bonds. The number of aromatic nitrogens is 2. The van der Waals surface area contributed by atoms with E-state index in [4.69, 9.17) is 23.8 Å². The summed E-state index contributed by atoms with van der Waals surface area (Å²) in [6.45, 7) is 3.67. The van der Waals surface area contributed by atoms with E-state index in [9.17, 15) is 8.78 Å².